The number of carbonyl (C=O) groups is 1. The van der Waals surface area contributed by atoms with Crippen molar-refractivity contribution < 1.29 is 15.2 Å². The lowest BCUT2D eigenvalue weighted by Gasteiger charge is -2.32. The zero-order chi connectivity index (χ0) is 12.6. The van der Waals surface area contributed by atoms with E-state index in [0.29, 0.717) is 10.8 Å². The van der Waals surface area contributed by atoms with Gasteiger partial charge in [-0.3, -0.25) is 15.2 Å². The first-order valence-corrected chi connectivity index (χ1v) is 4.77. The number of benzene rings is 1. The maximum absolute atomic E-state index is 11.4. The maximum atomic E-state index is 11.4. The number of rotatable bonds is 1. The van der Waals surface area contributed by atoms with Crippen LogP contribution in [0.1, 0.15) is 6.92 Å². The molecular weight excluding hydrogens is 224 g/mol. The summed E-state index contributed by atoms with van der Waals surface area (Å²) in [7, 11) is 0. The Hall–Kier alpha value is -2.25. The van der Waals surface area contributed by atoms with E-state index >= 15 is 0 Å². The van der Waals surface area contributed by atoms with Gasteiger partial charge in [0, 0.05) is 0 Å². The van der Waals surface area contributed by atoms with Crippen LogP contribution in [0.25, 0.3) is 0 Å². The number of anilines is 2. The van der Waals surface area contributed by atoms with E-state index in [1.807, 2.05) is 0 Å². The normalized spacial score (nSPS) is 14.8. The van der Waals surface area contributed by atoms with Gasteiger partial charge in [-0.05, 0) is 19.1 Å². The monoisotopic (exact) mass is 234 g/mol. The molecular formula is C10H10N4O3. The second kappa shape index (κ2) is 3.96. The van der Waals surface area contributed by atoms with Crippen LogP contribution in [0.2, 0.25) is 0 Å². The third-order valence-corrected chi connectivity index (χ3v) is 2.51. The Kier molecular flexibility index (Phi) is 2.62. The van der Waals surface area contributed by atoms with Crippen LogP contribution in [0, 0.1) is 5.53 Å². The molecule has 1 aliphatic heterocycles. The minimum Gasteiger partial charge on any atom is -0.284 e. The van der Waals surface area contributed by atoms with Gasteiger partial charge in [0.1, 0.15) is 0 Å². The molecule has 88 valence electrons. The highest BCUT2D eigenvalue weighted by Crippen LogP contribution is 2.37. The van der Waals surface area contributed by atoms with Crippen molar-refractivity contribution in [3.8, 4) is 0 Å². The number of amides is 1. The van der Waals surface area contributed by atoms with E-state index in [4.69, 9.17) is 5.53 Å². The lowest BCUT2D eigenvalue weighted by atomic mass is 10.1. The number of hydrogen-bond acceptors (Lipinski definition) is 6. The van der Waals surface area contributed by atoms with Crippen LogP contribution in [-0.2, 0) is 4.79 Å². The van der Waals surface area contributed by atoms with Gasteiger partial charge < -0.3 is 0 Å². The third kappa shape index (κ3) is 1.57. The number of hydroxylamine groups is 2. The first kappa shape index (κ1) is 11.2. The Morgan fingerprint density at radius 1 is 1.24 bits per heavy atom. The number of carbonyl (C=O) groups excluding carboxylic acids is 1. The Balaban J connectivity index is 2.61. The molecule has 1 aliphatic rings. The number of nitrogens with one attached hydrogen (secondary N) is 1. The largest absolute Gasteiger partial charge is 0.315 e. The zero-order valence-corrected chi connectivity index (χ0v) is 8.95. The van der Waals surface area contributed by atoms with E-state index in [9.17, 15) is 15.2 Å². The van der Waals surface area contributed by atoms with Gasteiger partial charge in [0.2, 0.25) is 0 Å². The molecule has 1 aromatic carbocycles. The SMILES string of the molecule is CC1=C(C(=O)N=N)N(O)c2ccccc2N1O. The molecule has 0 saturated carbocycles. The number of allylic oxidation sites excluding steroid dienone is 1. The minimum absolute atomic E-state index is 0.104. The van der Waals surface area contributed by atoms with E-state index in [1.54, 1.807) is 18.2 Å². The summed E-state index contributed by atoms with van der Waals surface area (Å²) >= 11 is 0. The summed E-state index contributed by atoms with van der Waals surface area (Å²) in [6.07, 6.45) is 0. The van der Waals surface area contributed by atoms with Crippen molar-refractivity contribution in [1.82, 2.24) is 0 Å². The summed E-state index contributed by atoms with van der Waals surface area (Å²) in [5.74, 6) is -0.932. The fourth-order valence-electron chi connectivity index (χ4n) is 1.68. The predicted molar refractivity (Wildman–Crippen MR) is 57.8 cm³/mol. The molecule has 0 aliphatic carbocycles. The molecule has 7 nitrogen and oxygen atoms in total. The molecule has 0 saturated heterocycles. The molecule has 17 heavy (non-hydrogen) atoms. The van der Waals surface area contributed by atoms with E-state index in [2.05, 4.69) is 5.11 Å². The highest BCUT2D eigenvalue weighted by Gasteiger charge is 2.31. The van der Waals surface area contributed by atoms with Crippen molar-refractivity contribution in [2.75, 3.05) is 10.1 Å². The summed E-state index contributed by atoms with van der Waals surface area (Å²) < 4.78 is 0. The highest BCUT2D eigenvalue weighted by molar-refractivity contribution is 6.00. The van der Waals surface area contributed by atoms with Crippen LogP contribution in [-0.4, -0.2) is 16.3 Å². The van der Waals surface area contributed by atoms with Crippen LogP contribution in [0.15, 0.2) is 40.8 Å². The van der Waals surface area contributed by atoms with Crippen LogP contribution in [0.3, 0.4) is 0 Å². The summed E-state index contributed by atoms with van der Waals surface area (Å²) in [4.78, 5) is 11.4. The molecule has 0 radical (unpaired) electrons. The topological polar surface area (TPSA) is 100 Å². The van der Waals surface area contributed by atoms with Crippen LogP contribution in [0.5, 0.6) is 0 Å². The summed E-state index contributed by atoms with van der Waals surface area (Å²) in [5.41, 5.74) is 7.12. The van der Waals surface area contributed by atoms with Gasteiger partial charge in [0.25, 0.3) is 0 Å². The van der Waals surface area contributed by atoms with E-state index in [1.165, 1.54) is 13.0 Å². The molecule has 0 bridgehead atoms. The molecule has 3 N–H and O–H groups in total. The first-order chi connectivity index (χ1) is 8.07. The van der Waals surface area contributed by atoms with Gasteiger partial charge in [0.05, 0.1) is 17.1 Å². The van der Waals surface area contributed by atoms with Gasteiger partial charge in [-0.25, -0.2) is 15.7 Å². The Bertz CT molecular complexity index is 526. The molecule has 0 atom stereocenters. The Morgan fingerprint density at radius 2 is 1.76 bits per heavy atom. The molecule has 0 fully saturated rings. The van der Waals surface area contributed by atoms with Crippen molar-refractivity contribution >= 4 is 17.3 Å². The number of fused-ring (bicyclic) bond motifs is 1. The quantitative estimate of drug-likeness (QED) is 0.644. The van der Waals surface area contributed by atoms with Gasteiger partial charge >= 0.3 is 5.91 Å². The average Bonchev–Trinajstić information content (AvgIpc) is 2.36. The summed E-state index contributed by atoms with van der Waals surface area (Å²) in [5, 5.41) is 23.9. The Morgan fingerprint density at radius 3 is 2.29 bits per heavy atom. The van der Waals surface area contributed by atoms with Gasteiger partial charge in [-0.15, -0.1) is 5.11 Å². The summed E-state index contributed by atoms with van der Waals surface area (Å²) in [6.45, 7) is 1.44. The van der Waals surface area contributed by atoms with Crippen LogP contribution < -0.4 is 10.1 Å². The van der Waals surface area contributed by atoms with E-state index in [0.717, 1.165) is 5.06 Å². The van der Waals surface area contributed by atoms with Crippen molar-refractivity contribution in [2.45, 2.75) is 6.92 Å². The molecule has 1 aromatic rings. The van der Waals surface area contributed by atoms with Crippen molar-refractivity contribution in [3.63, 3.8) is 0 Å². The fraction of sp³-hybridized carbons (Fsp3) is 0.100. The molecule has 1 heterocycles. The lowest BCUT2D eigenvalue weighted by molar-refractivity contribution is -0.115. The molecule has 1 amide bonds. The van der Waals surface area contributed by atoms with Crippen molar-refractivity contribution in [1.29, 1.82) is 5.53 Å². The minimum atomic E-state index is -0.932. The maximum Gasteiger partial charge on any atom is 0.315 e. The summed E-state index contributed by atoms with van der Waals surface area (Å²) in [6, 6.07) is 6.45. The Labute approximate surface area is 96.6 Å². The standard InChI is InChI=1S/C10H10N4O3/c1-6-9(10(15)12-11)14(17)8-5-3-2-4-7(8)13(6)16/h2-5,11,16-17H,1H3. The number of hydrogen-bond donors (Lipinski definition) is 3. The molecule has 2 rings (SSSR count). The third-order valence-electron chi connectivity index (χ3n) is 2.51. The molecule has 7 heteroatoms. The molecule has 0 aromatic heterocycles. The predicted octanol–water partition coefficient (Wildman–Crippen LogP) is 1.88. The zero-order valence-electron chi connectivity index (χ0n) is 8.95. The van der Waals surface area contributed by atoms with Gasteiger partial charge in [-0.1, -0.05) is 12.1 Å². The van der Waals surface area contributed by atoms with Crippen LogP contribution >= 0.6 is 0 Å². The van der Waals surface area contributed by atoms with Crippen LogP contribution in [0.4, 0.5) is 11.4 Å². The second-order valence-electron chi connectivity index (χ2n) is 3.46. The van der Waals surface area contributed by atoms with E-state index < -0.39 is 5.91 Å². The second-order valence-corrected chi connectivity index (χ2v) is 3.46. The van der Waals surface area contributed by atoms with Crippen molar-refractivity contribution in [2.24, 2.45) is 5.11 Å². The highest BCUT2D eigenvalue weighted by atomic mass is 16.5. The smallest absolute Gasteiger partial charge is 0.284 e. The van der Waals surface area contributed by atoms with Crippen molar-refractivity contribution in [3.05, 3.63) is 35.7 Å². The number of para-hydroxylation sites is 2. The van der Waals surface area contributed by atoms with Gasteiger partial charge in [-0.2, -0.15) is 0 Å². The number of nitrogens with zero attached hydrogens (tertiary/aromatic N) is 3. The van der Waals surface area contributed by atoms with Gasteiger partial charge in [0.15, 0.2) is 5.70 Å². The molecule has 0 unspecified atom stereocenters. The molecule has 0 spiro atoms. The fourth-order valence-corrected chi connectivity index (χ4v) is 1.68. The first-order valence-electron chi connectivity index (χ1n) is 4.77. The lowest BCUT2D eigenvalue weighted by Crippen LogP contribution is -2.34. The average molecular weight is 234 g/mol. The van der Waals surface area contributed by atoms with E-state index in [-0.39, 0.29) is 17.1 Å².